The van der Waals surface area contributed by atoms with E-state index in [1.807, 2.05) is 31.2 Å². The van der Waals surface area contributed by atoms with E-state index in [1.165, 1.54) is 0 Å². The van der Waals surface area contributed by atoms with Crippen LogP contribution >= 0.6 is 0 Å². The number of likely N-dealkylation sites (tertiary alicyclic amines) is 1. The first-order valence-electron chi connectivity index (χ1n) is 9.74. The van der Waals surface area contributed by atoms with Crippen LogP contribution < -0.4 is 0 Å². The van der Waals surface area contributed by atoms with Gasteiger partial charge < -0.3 is 19.0 Å². The number of benzene rings is 1. The molecule has 3 aromatic rings. The summed E-state index contributed by atoms with van der Waals surface area (Å²) in [6.45, 7) is 3.67. The lowest BCUT2D eigenvalue weighted by atomic mass is 9.72. The van der Waals surface area contributed by atoms with E-state index >= 15 is 0 Å². The van der Waals surface area contributed by atoms with Crippen LogP contribution in [0.4, 0.5) is 0 Å². The normalized spacial score (nSPS) is 23.8. The molecule has 6 nitrogen and oxygen atoms in total. The van der Waals surface area contributed by atoms with Crippen molar-refractivity contribution in [1.82, 2.24) is 9.47 Å². The molecule has 0 radical (unpaired) electrons. The highest BCUT2D eigenvalue weighted by Crippen LogP contribution is 2.48. The second kappa shape index (κ2) is 6.26. The number of hydrogen-bond donors (Lipinski definition) is 1. The molecule has 3 heterocycles. The molecular weight excluding hydrogens is 356 g/mol. The molecule has 1 aliphatic carbocycles. The van der Waals surface area contributed by atoms with Gasteiger partial charge in [0, 0.05) is 29.7 Å². The number of furan rings is 1. The quantitative estimate of drug-likeness (QED) is 0.756. The first kappa shape index (κ1) is 17.1. The summed E-state index contributed by atoms with van der Waals surface area (Å²) in [7, 11) is 0. The molecule has 144 valence electrons. The Hall–Kier alpha value is -3.02. The summed E-state index contributed by atoms with van der Waals surface area (Å²) in [5, 5.41) is 11.2. The molecule has 1 aromatic carbocycles. The molecule has 0 saturated carbocycles. The van der Waals surface area contributed by atoms with E-state index in [-0.39, 0.29) is 11.8 Å². The van der Waals surface area contributed by atoms with Crippen molar-refractivity contribution in [2.75, 3.05) is 6.54 Å². The molecule has 3 unspecified atom stereocenters. The third-order valence-corrected chi connectivity index (χ3v) is 6.31. The van der Waals surface area contributed by atoms with Gasteiger partial charge in [-0.1, -0.05) is 18.2 Å². The minimum absolute atomic E-state index is 0.00664. The van der Waals surface area contributed by atoms with Crippen molar-refractivity contribution in [2.24, 2.45) is 11.8 Å². The maximum atomic E-state index is 13.2. The fourth-order valence-corrected chi connectivity index (χ4v) is 5.25. The van der Waals surface area contributed by atoms with Crippen molar-refractivity contribution < 1.29 is 19.1 Å². The Morgan fingerprint density at radius 1 is 1.25 bits per heavy atom. The molecule has 2 aromatic heterocycles. The van der Waals surface area contributed by atoms with Gasteiger partial charge in [0.2, 0.25) is 5.91 Å². The predicted molar refractivity (Wildman–Crippen MR) is 103 cm³/mol. The van der Waals surface area contributed by atoms with Crippen LogP contribution in [0.1, 0.15) is 29.9 Å². The monoisotopic (exact) mass is 378 g/mol. The second-order valence-corrected chi connectivity index (χ2v) is 7.73. The number of aromatic nitrogens is 1. The highest BCUT2D eigenvalue weighted by Gasteiger charge is 2.52. The number of rotatable bonds is 4. The summed E-state index contributed by atoms with van der Waals surface area (Å²) in [4.78, 5) is 27.3. The predicted octanol–water partition coefficient (Wildman–Crippen LogP) is 3.25. The standard InChI is InChI=1S/C22H22N2O4/c1-2-24-17-8-4-3-7-15(17)16-10-13-11-23(12-14-6-5-9-28-14)21(25)18(13)19(20(16)24)22(26)27/h3-9,13,18-19H,2,10-12H2,1H3,(H,26,27). The van der Waals surface area contributed by atoms with Crippen LogP contribution in [0.3, 0.4) is 0 Å². The van der Waals surface area contributed by atoms with Crippen LogP contribution in [0.2, 0.25) is 0 Å². The second-order valence-electron chi connectivity index (χ2n) is 7.73. The van der Waals surface area contributed by atoms with Crippen molar-refractivity contribution in [3.8, 4) is 0 Å². The number of carbonyl (C=O) groups is 2. The van der Waals surface area contributed by atoms with Gasteiger partial charge in [0.15, 0.2) is 0 Å². The number of para-hydroxylation sites is 1. The highest BCUT2D eigenvalue weighted by molar-refractivity contribution is 5.94. The average molecular weight is 378 g/mol. The number of aliphatic carboxylic acids is 1. The van der Waals surface area contributed by atoms with Gasteiger partial charge in [-0.3, -0.25) is 9.59 Å². The van der Waals surface area contributed by atoms with Crippen LogP contribution in [0.15, 0.2) is 47.1 Å². The maximum absolute atomic E-state index is 13.2. The van der Waals surface area contributed by atoms with E-state index in [2.05, 4.69) is 10.6 Å². The summed E-state index contributed by atoms with van der Waals surface area (Å²) in [6, 6.07) is 11.7. The highest BCUT2D eigenvalue weighted by atomic mass is 16.4. The van der Waals surface area contributed by atoms with E-state index in [9.17, 15) is 14.7 Å². The summed E-state index contributed by atoms with van der Waals surface area (Å²) in [6.07, 6.45) is 2.33. The first-order valence-corrected chi connectivity index (χ1v) is 9.74. The maximum Gasteiger partial charge on any atom is 0.313 e. The molecule has 1 N–H and O–H groups in total. The van der Waals surface area contributed by atoms with Gasteiger partial charge in [-0.2, -0.15) is 0 Å². The molecule has 5 rings (SSSR count). The van der Waals surface area contributed by atoms with Crippen molar-refractivity contribution >= 4 is 22.8 Å². The number of amides is 1. The summed E-state index contributed by atoms with van der Waals surface area (Å²) in [5.41, 5.74) is 2.96. The zero-order chi connectivity index (χ0) is 19.4. The first-order chi connectivity index (χ1) is 13.6. The Morgan fingerprint density at radius 3 is 2.79 bits per heavy atom. The number of carboxylic acid groups (broad SMARTS) is 1. The van der Waals surface area contributed by atoms with Crippen LogP contribution in [-0.4, -0.2) is 33.0 Å². The van der Waals surface area contributed by atoms with Crippen molar-refractivity contribution in [3.05, 3.63) is 59.7 Å². The number of nitrogens with zero attached hydrogens (tertiary/aromatic N) is 2. The Kier molecular flexibility index (Phi) is 3.82. The van der Waals surface area contributed by atoms with Gasteiger partial charge in [0.05, 0.1) is 18.7 Å². The zero-order valence-electron chi connectivity index (χ0n) is 15.7. The Balaban J connectivity index is 1.61. The molecule has 28 heavy (non-hydrogen) atoms. The number of aryl methyl sites for hydroxylation is 1. The lowest BCUT2D eigenvalue weighted by molar-refractivity contribution is -0.145. The molecule has 6 heteroatoms. The van der Waals surface area contributed by atoms with Gasteiger partial charge in [-0.25, -0.2) is 0 Å². The molecule has 0 bridgehead atoms. The Labute approximate surface area is 162 Å². The van der Waals surface area contributed by atoms with E-state index in [4.69, 9.17) is 4.42 Å². The zero-order valence-corrected chi connectivity index (χ0v) is 15.7. The largest absolute Gasteiger partial charge is 0.481 e. The van der Waals surface area contributed by atoms with Gasteiger partial charge >= 0.3 is 5.97 Å². The van der Waals surface area contributed by atoms with Crippen LogP contribution in [0.25, 0.3) is 10.9 Å². The minimum atomic E-state index is -0.915. The Morgan fingerprint density at radius 2 is 2.07 bits per heavy atom. The molecule has 1 amide bonds. The number of fused-ring (bicyclic) bond motifs is 4. The SMILES string of the molecule is CCn1c2c(c3ccccc31)CC1CN(Cc3ccco3)C(=O)C1C2C(=O)O. The number of carboxylic acids is 1. The summed E-state index contributed by atoms with van der Waals surface area (Å²) in [5.74, 6) is -1.59. The third kappa shape index (κ3) is 2.33. The summed E-state index contributed by atoms with van der Waals surface area (Å²) < 4.78 is 7.48. The van der Waals surface area contributed by atoms with Gasteiger partial charge in [-0.15, -0.1) is 0 Å². The third-order valence-electron chi connectivity index (χ3n) is 6.31. The topological polar surface area (TPSA) is 75.7 Å². The number of carbonyl (C=O) groups excluding carboxylic acids is 1. The minimum Gasteiger partial charge on any atom is -0.481 e. The molecule has 2 aliphatic rings. The fraction of sp³-hybridized carbons (Fsp3) is 0.364. The van der Waals surface area contributed by atoms with Crippen molar-refractivity contribution in [1.29, 1.82) is 0 Å². The Bertz CT molecular complexity index is 1070. The van der Waals surface area contributed by atoms with E-state index < -0.39 is 17.8 Å². The van der Waals surface area contributed by atoms with Gasteiger partial charge in [0.25, 0.3) is 0 Å². The van der Waals surface area contributed by atoms with Crippen molar-refractivity contribution in [2.45, 2.75) is 32.4 Å². The lowest BCUT2D eigenvalue weighted by Gasteiger charge is -2.30. The van der Waals surface area contributed by atoms with E-state index in [0.29, 0.717) is 19.6 Å². The van der Waals surface area contributed by atoms with Crippen molar-refractivity contribution in [3.63, 3.8) is 0 Å². The smallest absolute Gasteiger partial charge is 0.313 e. The lowest BCUT2D eigenvalue weighted by Crippen LogP contribution is -2.37. The molecule has 1 fully saturated rings. The molecule has 1 saturated heterocycles. The van der Waals surface area contributed by atoms with Crippen LogP contribution in [0.5, 0.6) is 0 Å². The number of hydrogen-bond acceptors (Lipinski definition) is 3. The van der Waals surface area contributed by atoms with E-state index in [1.54, 1.807) is 17.2 Å². The fourth-order valence-electron chi connectivity index (χ4n) is 5.25. The molecular formula is C22H22N2O4. The molecule has 3 atom stereocenters. The van der Waals surface area contributed by atoms with Crippen LogP contribution in [-0.2, 0) is 29.1 Å². The average Bonchev–Trinajstić information content (AvgIpc) is 3.38. The van der Waals surface area contributed by atoms with Gasteiger partial charge in [0.1, 0.15) is 11.7 Å². The van der Waals surface area contributed by atoms with Crippen LogP contribution in [0, 0.1) is 11.8 Å². The molecule has 0 spiro atoms. The molecule has 1 aliphatic heterocycles. The summed E-state index contributed by atoms with van der Waals surface area (Å²) >= 11 is 0. The van der Waals surface area contributed by atoms with E-state index in [0.717, 1.165) is 34.3 Å². The van der Waals surface area contributed by atoms with Gasteiger partial charge in [-0.05, 0) is 43.0 Å².